The molecule has 1 heterocycles. The minimum absolute atomic E-state index is 0.0217. The second-order valence-corrected chi connectivity index (χ2v) is 9.07. The Morgan fingerprint density at radius 2 is 1.91 bits per heavy atom. The molecule has 2 aromatic rings. The molecule has 2 amide bonds. The normalized spacial score (nSPS) is 15.9. The fourth-order valence-corrected chi connectivity index (χ4v) is 4.54. The number of ether oxygens (including phenoxy) is 2. The Labute approximate surface area is 204 Å². The largest absolute Gasteiger partial charge is 0.484 e. The van der Waals surface area contributed by atoms with Crippen molar-refractivity contribution in [3.63, 3.8) is 0 Å². The highest BCUT2D eigenvalue weighted by atomic mass is 35.5. The van der Waals surface area contributed by atoms with Crippen LogP contribution in [-0.2, 0) is 9.59 Å². The van der Waals surface area contributed by atoms with Crippen molar-refractivity contribution in [3.05, 3.63) is 53.1 Å². The van der Waals surface area contributed by atoms with Crippen LogP contribution in [0.3, 0.4) is 0 Å². The predicted octanol–water partition coefficient (Wildman–Crippen LogP) is 4.56. The van der Waals surface area contributed by atoms with Gasteiger partial charge in [-0.1, -0.05) is 43.0 Å². The number of ketones is 1. The van der Waals surface area contributed by atoms with E-state index in [0.29, 0.717) is 47.2 Å². The van der Waals surface area contributed by atoms with E-state index in [1.54, 1.807) is 47.4 Å². The van der Waals surface area contributed by atoms with Crippen molar-refractivity contribution in [2.75, 3.05) is 24.7 Å². The highest BCUT2D eigenvalue weighted by molar-refractivity contribution is 6.32. The lowest BCUT2D eigenvalue weighted by atomic mass is 9.95. The summed E-state index contributed by atoms with van der Waals surface area (Å²) in [6, 6.07) is 12.2. The summed E-state index contributed by atoms with van der Waals surface area (Å²) in [6.07, 6.45) is 6.51. The highest BCUT2D eigenvalue weighted by Crippen LogP contribution is 2.33. The van der Waals surface area contributed by atoms with Gasteiger partial charge in [-0.15, -0.1) is 0 Å². The van der Waals surface area contributed by atoms with Gasteiger partial charge in [0.25, 0.3) is 5.91 Å². The Kier molecular flexibility index (Phi) is 8.06. The van der Waals surface area contributed by atoms with Crippen LogP contribution in [0.4, 0.5) is 5.69 Å². The minimum atomic E-state index is -0.243. The average Bonchev–Trinajstić information content (AvgIpc) is 2.85. The molecular formula is C26H29ClN2O5. The van der Waals surface area contributed by atoms with E-state index in [9.17, 15) is 14.4 Å². The lowest BCUT2D eigenvalue weighted by Gasteiger charge is -2.30. The van der Waals surface area contributed by atoms with Crippen LogP contribution in [0.25, 0.3) is 0 Å². The van der Waals surface area contributed by atoms with Gasteiger partial charge in [0.1, 0.15) is 11.5 Å². The molecule has 2 aliphatic rings. The Morgan fingerprint density at radius 1 is 1.12 bits per heavy atom. The molecule has 0 atom stereocenters. The van der Waals surface area contributed by atoms with Crippen molar-refractivity contribution < 1.29 is 23.9 Å². The number of carbonyl (C=O) groups is 3. The number of para-hydroxylation sites is 1. The number of fused-ring (bicyclic) bond motifs is 1. The summed E-state index contributed by atoms with van der Waals surface area (Å²) in [4.78, 5) is 39.2. The fraction of sp³-hybridized carbons (Fsp3) is 0.423. The second-order valence-electron chi connectivity index (χ2n) is 8.66. The fourth-order valence-electron chi connectivity index (χ4n) is 4.35. The molecule has 0 unspecified atom stereocenters. The van der Waals surface area contributed by atoms with Crippen molar-refractivity contribution in [2.24, 2.45) is 0 Å². The third kappa shape index (κ3) is 6.08. The molecule has 1 saturated carbocycles. The Balaban J connectivity index is 1.36. The van der Waals surface area contributed by atoms with E-state index in [2.05, 4.69) is 5.32 Å². The van der Waals surface area contributed by atoms with E-state index in [4.69, 9.17) is 21.1 Å². The van der Waals surface area contributed by atoms with Gasteiger partial charge < -0.3 is 19.7 Å². The van der Waals surface area contributed by atoms with Gasteiger partial charge in [0.05, 0.1) is 10.7 Å². The number of hydrogen-bond donors (Lipinski definition) is 1. The van der Waals surface area contributed by atoms with Crippen LogP contribution < -0.4 is 19.7 Å². The summed E-state index contributed by atoms with van der Waals surface area (Å²) in [5, 5.41) is 3.54. The molecular weight excluding hydrogens is 456 g/mol. The van der Waals surface area contributed by atoms with Crippen molar-refractivity contribution in [3.8, 4) is 11.5 Å². The molecule has 0 bridgehead atoms. The van der Waals surface area contributed by atoms with E-state index in [-0.39, 0.29) is 36.9 Å². The molecule has 1 fully saturated rings. The second kappa shape index (κ2) is 11.4. The van der Waals surface area contributed by atoms with Gasteiger partial charge in [-0.2, -0.15) is 0 Å². The topological polar surface area (TPSA) is 84.9 Å². The first-order chi connectivity index (χ1) is 16.5. The zero-order valence-electron chi connectivity index (χ0n) is 19.1. The Morgan fingerprint density at radius 3 is 2.71 bits per heavy atom. The zero-order valence-corrected chi connectivity index (χ0v) is 19.8. The maximum atomic E-state index is 12.7. The number of nitrogens with one attached hydrogen (secondary N) is 1. The quantitative estimate of drug-likeness (QED) is 0.527. The molecule has 2 aromatic carbocycles. The van der Waals surface area contributed by atoms with Crippen LogP contribution in [0.2, 0.25) is 5.02 Å². The lowest BCUT2D eigenvalue weighted by Crippen LogP contribution is -2.40. The van der Waals surface area contributed by atoms with E-state index >= 15 is 0 Å². The molecule has 8 heteroatoms. The molecule has 4 rings (SSSR count). The molecule has 1 aliphatic heterocycles. The highest BCUT2D eigenvalue weighted by Gasteiger charge is 2.27. The molecule has 0 spiro atoms. The van der Waals surface area contributed by atoms with Crippen LogP contribution in [0.15, 0.2) is 42.5 Å². The third-order valence-electron chi connectivity index (χ3n) is 6.18. The first-order valence-electron chi connectivity index (χ1n) is 11.8. The van der Waals surface area contributed by atoms with Gasteiger partial charge in [-0.05, 0) is 49.6 Å². The number of halogens is 1. The minimum Gasteiger partial charge on any atom is -0.484 e. The maximum Gasteiger partial charge on any atom is 0.265 e. The van der Waals surface area contributed by atoms with Crippen molar-refractivity contribution in [1.29, 1.82) is 0 Å². The monoisotopic (exact) mass is 484 g/mol. The molecule has 1 N–H and O–H groups in total. The summed E-state index contributed by atoms with van der Waals surface area (Å²) in [5.41, 5.74) is 0.941. The van der Waals surface area contributed by atoms with Crippen LogP contribution in [0.1, 0.15) is 55.3 Å². The summed E-state index contributed by atoms with van der Waals surface area (Å²) >= 11 is 6.08. The van der Waals surface area contributed by atoms with E-state index in [0.717, 1.165) is 25.7 Å². The van der Waals surface area contributed by atoms with Crippen LogP contribution in [0.5, 0.6) is 11.5 Å². The van der Waals surface area contributed by atoms with Gasteiger partial charge in [0.15, 0.2) is 19.0 Å². The smallest absolute Gasteiger partial charge is 0.265 e. The summed E-state index contributed by atoms with van der Waals surface area (Å²) in [6.45, 7) is 0.129. The number of hydrogen-bond acceptors (Lipinski definition) is 5. The van der Waals surface area contributed by atoms with Gasteiger partial charge in [0, 0.05) is 24.6 Å². The van der Waals surface area contributed by atoms with Crippen LogP contribution in [0, 0.1) is 0 Å². The van der Waals surface area contributed by atoms with Crippen LogP contribution >= 0.6 is 11.6 Å². The summed E-state index contributed by atoms with van der Waals surface area (Å²) in [7, 11) is 0. The molecule has 0 saturated heterocycles. The molecule has 0 aromatic heterocycles. The number of rotatable bonds is 9. The van der Waals surface area contributed by atoms with Gasteiger partial charge in [-0.3, -0.25) is 14.4 Å². The first-order valence-corrected chi connectivity index (χ1v) is 12.2. The molecule has 180 valence electrons. The van der Waals surface area contributed by atoms with Gasteiger partial charge in [0.2, 0.25) is 5.91 Å². The summed E-state index contributed by atoms with van der Waals surface area (Å²) < 4.78 is 11.1. The number of anilines is 1. The zero-order chi connectivity index (χ0) is 23.9. The standard InChI is InChI=1S/C26H29ClN2O5/c27-20-9-4-5-10-23(20)33-16-22(30)18-12-13-24-21(15-18)29(26(32)17-34-24)14-6-11-25(31)28-19-7-2-1-3-8-19/h4-5,9-10,12-13,15,19H,1-3,6-8,11,14,16-17H2,(H,28,31). The van der Waals surface area contributed by atoms with Crippen LogP contribution in [-0.4, -0.2) is 43.4 Å². The number of carbonyl (C=O) groups excluding carboxylic acids is 3. The van der Waals surface area contributed by atoms with Gasteiger partial charge >= 0.3 is 0 Å². The molecule has 7 nitrogen and oxygen atoms in total. The Hall–Kier alpha value is -3.06. The number of nitrogens with zero attached hydrogens (tertiary/aromatic N) is 1. The van der Waals surface area contributed by atoms with Crippen molar-refractivity contribution >= 4 is 34.9 Å². The first kappa shape index (κ1) is 24.1. The number of amides is 2. The molecule has 34 heavy (non-hydrogen) atoms. The van der Waals surface area contributed by atoms with Crippen molar-refractivity contribution in [1.82, 2.24) is 5.32 Å². The number of Topliss-reactive ketones (excluding diaryl/α,β-unsaturated/α-hetero) is 1. The van der Waals surface area contributed by atoms with E-state index in [1.807, 2.05) is 0 Å². The average molecular weight is 485 g/mol. The Bertz CT molecular complexity index is 1050. The SMILES string of the molecule is O=C(CCCN1C(=O)COc2ccc(C(=O)COc3ccccc3Cl)cc21)NC1CCCCC1. The third-order valence-corrected chi connectivity index (χ3v) is 6.49. The number of benzene rings is 2. The summed E-state index contributed by atoms with van der Waals surface area (Å²) in [5.74, 6) is 0.551. The van der Waals surface area contributed by atoms with E-state index in [1.165, 1.54) is 6.42 Å². The molecule has 0 radical (unpaired) electrons. The van der Waals surface area contributed by atoms with Gasteiger partial charge in [-0.25, -0.2) is 0 Å². The van der Waals surface area contributed by atoms with Crippen molar-refractivity contribution in [2.45, 2.75) is 51.0 Å². The lowest BCUT2D eigenvalue weighted by molar-refractivity contribution is -0.123. The molecule has 1 aliphatic carbocycles. The maximum absolute atomic E-state index is 12.7. The van der Waals surface area contributed by atoms with E-state index < -0.39 is 0 Å². The predicted molar refractivity (Wildman–Crippen MR) is 130 cm³/mol.